The molecule has 3 rings (SSSR count). The van der Waals surface area contributed by atoms with E-state index in [4.69, 9.17) is 9.47 Å². The number of hydrogen-bond acceptors (Lipinski definition) is 4. The van der Waals surface area contributed by atoms with E-state index in [0.717, 1.165) is 11.1 Å². The largest absolute Gasteiger partial charge is 0.465 e. The number of para-hydroxylation sites is 1. The smallest absolute Gasteiger partial charge is 0.363 e. The molecule has 0 aromatic heterocycles. The van der Waals surface area contributed by atoms with Gasteiger partial charge in [0.2, 0.25) is 0 Å². The molecule has 0 N–H and O–H groups in total. The minimum Gasteiger partial charge on any atom is -0.465 e. The molecule has 4 nitrogen and oxygen atoms in total. The molecule has 4 heteroatoms. The lowest BCUT2D eigenvalue weighted by Gasteiger charge is -2.31. The normalized spacial score (nSPS) is 18.7. The number of benzene rings is 2. The average Bonchev–Trinajstić information content (AvgIpc) is 2.60. The molecular weight excluding hydrogens is 304 g/mol. The van der Waals surface area contributed by atoms with Gasteiger partial charge in [-0.25, -0.2) is 4.79 Å². The van der Waals surface area contributed by atoms with E-state index in [1.165, 1.54) is 7.11 Å². The molecular formula is C20H16O4. The van der Waals surface area contributed by atoms with Crippen molar-refractivity contribution < 1.29 is 19.1 Å². The van der Waals surface area contributed by atoms with Crippen LogP contribution in [0.3, 0.4) is 0 Å². The van der Waals surface area contributed by atoms with E-state index < -0.39 is 11.6 Å². The van der Waals surface area contributed by atoms with Gasteiger partial charge in [0.15, 0.2) is 5.78 Å². The maximum absolute atomic E-state index is 12.4. The Morgan fingerprint density at radius 1 is 1.17 bits per heavy atom. The van der Waals surface area contributed by atoms with E-state index in [1.807, 2.05) is 31.2 Å². The van der Waals surface area contributed by atoms with Gasteiger partial charge in [0.1, 0.15) is 5.75 Å². The van der Waals surface area contributed by atoms with Gasteiger partial charge in [-0.2, -0.15) is 0 Å². The van der Waals surface area contributed by atoms with Crippen molar-refractivity contribution >= 4 is 11.8 Å². The zero-order chi connectivity index (χ0) is 17.2. The van der Waals surface area contributed by atoms with Crippen LogP contribution in [0.5, 0.6) is 5.75 Å². The second-order valence-electron chi connectivity index (χ2n) is 5.63. The van der Waals surface area contributed by atoms with Crippen LogP contribution in [0.4, 0.5) is 0 Å². The molecule has 0 saturated carbocycles. The van der Waals surface area contributed by atoms with E-state index in [9.17, 15) is 9.59 Å². The van der Waals surface area contributed by atoms with Gasteiger partial charge < -0.3 is 9.47 Å². The van der Waals surface area contributed by atoms with Gasteiger partial charge >= 0.3 is 5.97 Å². The maximum atomic E-state index is 12.4. The van der Waals surface area contributed by atoms with Crippen molar-refractivity contribution in [2.24, 2.45) is 0 Å². The number of methoxy groups -OCH3 is 1. The first-order valence-corrected chi connectivity index (χ1v) is 7.53. The van der Waals surface area contributed by atoms with Crippen LogP contribution in [-0.2, 0) is 9.53 Å². The van der Waals surface area contributed by atoms with E-state index in [-0.39, 0.29) is 12.2 Å². The van der Waals surface area contributed by atoms with Crippen molar-refractivity contribution in [2.75, 3.05) is 7.11 Å². The molecule has 2 aromatic carbocycles. The summed E-state index contributed by atoms with van der Waals surface area (Å²) in [5.74, 6) is 5.22. The minimum absolute atomic E-state index is 0.171. The summed E-state index contributed by atoms with van der Waals surface area (Å²) in [5.41, 5.74) is 0.680. The highest BCUT2D eigenvalue weighted by molar-refractivity contribution is 6.05. The molecule has 0 fully saturated rings. The Bertz CT molecular complexity index is 855. The summed E-state index contributed by atoms with van der Waals surface area (Å²) < 4.78 is 10.7. The van der Waals surface area contributed by atoms with Gasteiger partial charge in [-0.05, 0) is 37.1 Å². The van der Waals surface area contributed by atoms with Gasteiger partial charge in [-0.3, -0.25) is 4.79 Å². The SMILES string of the molecule is COC(=O)[C@]1(C#Cc2ccc(C)cc2)CC(=O)c2ccccc2O1. The van der Waals surface area contributed by atoms with Gasteiger partial charge in [-0.15, -0.1) is 0 Å². The second-order valence-corrected chi connectivity index (χ2v) is 5.63. The molecule has 1 atom stereocenters. The summed E-state index contributed by atoms with van der Waals surface area (Å²) in [7, 11) is 1.26. The lowest BCUT2D eigenvalue weighted by atomic mass is 9.90. The fourth-order valence-electron chi connectivity index (χ4n) is 2.54. The third kappa shape index (κ3) is 2.89. The molecule has 1 heterocycles. The van der Waals surface area contributed by atoms with Crippen molar-refractivity contribution in [1.29, 1.82) is 0 Å². The fraction of sp³-hybridized carbons (Fsp3) is 0.200. The number of rotatable bonds is 1. The average molecular weight is 320 g/mol. The predicted octanol–water partition coefficient (Wildman–Crippen LogP) is 2.92. The summed E-state index contributed by atoms with van der Waals surface area (Å²) in [6, 6.07) is 14.4. The number of fused-ring (bicyclic) bond motifs is 1. The van der Waals surface area contributed by atoms with E-state index in [2.05, 4.69) is 11.8 Å². The summed E-state index contributed by atoms with van der Waals surface area (Å²) >= 11 is 0. The maximum Gasteiger partial charge on any atom is 0.363 e. The van der Waals surface area contributed by atoms with Crippen LogP contribution < -0.4 is 4.74 Å². The summed E-state index contributed by atoms with van der Waals surface area (Å²) in [6.45, 7) is 1.98. The van der Waals surface area contributed by atoms with Gasteiger partial charge in [0.25, 0.3) is 5.60 Å². The molecule has 120 valence electrons. The Kier molecular flexibility index (Phi) is 4.09. The molecule has 0 unspecified atom stereocenters. The van der Waals surface area contributed by atoms with Gasteiger partial charge in [0, 0.05) is 5.56 Å². The van der Waals surface area contributed by atoms with E-state index >= 15 is 0 Å². The zero-order valence-corrected chi connectivity index (χ0v) is 13.5. The topological polar surface area (TPSA) is 52.6 Å². The van der Waals surface area contributed by atoms with Crippen LogP contribution in [0.1, 0.15) is 27.9 Å². The van der Waals surface area contributed by atoms with E-state index in [0.29, 0.717) is 11.3 Å². The monoisotopic (exact) mass is 320 g/mol. The molecule has 0 bridgehead atoms. The van der Waals surface area contributed by atoms with Crippen LogP contribution in [0.2, 0.25) is 0 Å². The Hall–Kier alpha value is -3.06. The lowest BCUT2D eigenvalue weighted by Crippen LogP contribution is -2.48. The standard InChI is InChI=1S/C20H16O4/c1-14-7-9-15(10-8-14)11-12-20(19(22)23-2)13-17(21)16-5-3-4-6-18(16)24-20/h3-10H,13H2,1-2H3/t20-/m0/s1. The molecule has 0 radical (unpaired) electrons. The molecule has 0 spiro atoms. The van der Waals surface area contributed by atoms with Crippen molar-refractivity contribution in [3.05, 3.63) is 65.2 Å². The van der Waals surface area contributed by atoms with E-state index in [1.54, 1.807) is 24.3 Å². The summed E-state index contributed by atoms with van der Waals surface area (Å²) in [5, 5.41) is 0. The van der Waals surface area contributed by atoms with Gasteiger partial charge in [-0.1, -0.05) is 35.7 Å². The summed E-state index contributed by atoms with van der Waals surface area (Å²) in [6.07, 6.45) is -0.171. The number of esters is 1. The van der Waals surface area contributed by atoms with Crippen molar-refractivity contribution in [2.45, 2.75) is 18.9 Å². The molecule has 2 aromatic rings. The number of hydrogen-bond donors (Lipinski definition) is 0. The third-order valence-electron chi connectivity index (χ3n) is 3.86. The van der Waals surface area contributed by atoms with Crippen LogP contribution in [-0.4, -0.2) is 24.5 Å². The lowest BCUT2D eigenvalue weighted by molar-refractivity contribution is -0.154. The molecule has 24 heavy (non-hydrogen) atoms. The number of ketones is 1. The highest BCUT2D eigenvalue weighted by Crippen LogP contribution is 2.33. The molecule has 0 aliphatic carbocycles. The van der Waals surface area contributed by atoms with Crippen LogP contribution in [0.15, 0.2) is 48.5 Å². The molecule has 0 amide bonds. The van der Waals surface area contributed by atoms with Crippen molar-refractivity contribution in [1.82, 2.24) is 0 Å². The fourth-order valence-corrected chi connectivity index (χ4v) is 2.54. The number of aryl methyl sites for hydroxylation is 1. The highest BCUT2D eigenvalue weighted by atomic mass is 16.6. The Labute approximate surface area is 140 Å². The number of ether oxygens (including phenoxy) is 2. The molecule has 0 saturated heterocycles. The Balaban J connectivity index is 2.03. The molecule has 1 aliphatic rings. The third-order valence-corrected chi connectivity index (χ3v) is 3.86. The summed E-state index contributed by atoms with van der Waals surface area (Å²) in [4.78, 5) is 24.7. The highest BCUT2D eigenvalue weighted by Gasteiger charge is 2.47. The Morgan fingerprint density at radius 3 is 2.58 bits per heavy atom. The number of carbonyl (C=O) groups excluding carboxylic acids is 2. The Morgan fingerprint density at radius 2 is 1.88 bits per heavy atom. The van der Waals surface area contributed by atoms with Crippen molar-refractivity contribution in [3.63, 3.8) is 0 Å². The minimum atomic E-state index is -1.62. The predicted molar refractivity (Wildman–Crippen MR) is 88.8 cm³/mol. The molecule has 1 aliphatic heterocycles. The zero-order valence-electron chi connectivity index (χ0n) is 13.5. The van der Waals surface area contributed by atoms with Crippen LogP contribution in [0.25, 0.3) is 0 Å². The quantitative estimate of drug-likeness (QED) is 0.599. The van der Waals surface area contributed by atoms with Gasteiger partial charge in [0.05, 0.1) is 19.1 Å². The first-order chi connectivity index (χ1) is 11.5. The van der Waals surface area contributed by atoms with Crippen LogP contribution >= 0.6 is 0 Å². The number of Topliss-reactive ketones (excluding diaryl/α,β-unsaturated/α-hetero) is 1. The van der Waals surface area contributed by atoms with Crippen molar-refractivity contribution in [3.8, 4) is 17.6 Å². The first kappa shape index (κ1) is 15.8. The number of carbonyl (C=O) groups is 2. The first-order valence-electron chi connectivity index (χ1n) is 7.53. The van der Waals surface area contributed by atoms with Crippen LogP contribution in [0, 0.1) is 18.8 Å². The second kappa shape index (κ2) is 6.21.